The van der Waals surface area contributed by atoms with Gasteiger partial charge >= 0.3 is 0 Å². The van der Waals surface area contributed by atoms with E-state index in [1.165, 1.54) is 11.5 Å². The Morgan fingerprint density at radius 2 is 1.85 bits per heavy atom. The van der Waals surface area contributed by atoms with E-state index in [4.69, 9.17) is 28.2 Å². The highest BCUT2D eigenvalue weighted by Crippen LogP contribution is 2.44. The van der Waals surface area contributed by atoms with Crippen molar-refractivity contribution in [1.82, 2.24) is 24.8 Å². The summed E-state index contributed by atoms with van der Waals surface area (Å²) in [6.45, 7) is 3.02. The molecule has 1 aromatic carbocycles. The standard InChI is InChI=1S/C24H20Cl2N6S/c25-17-10-14(13-32-6-8-33-9-7-32)11-18(26)20(17)24-30-21-15-3-5-27-12-19(15)29-23-16(22(21)31-24)2-1-4-28-23/h1-5,10-12H,6-9,13H2,(H,28,29)(H,30,31). The van der Waals surface area contributed by atoms with Crippen molar-refractivity contribution >= 4 is 46.5 Å². The Labute approximate surface area is 205 Å². The van der Waals surface area contributed by atoms with Gasteiger partial charge in [-0.2, -0.15) is 11.8 Å². The van der Waals surface area contributed by atoms with E-state index in [1.807, 2.05) is 42.1 Å². The molecule has 0 amide bonds. The van der Waals surface area contributed by atoms with Crippen LogP contribution in [0.3, 0.4) is 0 Å². The maximum absolute atomic E-state index is 6.78. The molecule has 2 aliphatic rings. The second kappa shape index (κ2) is 8.65. The molecule has 0 atom stereocenters. The van der Waals surface area contributed by atoms with E-state index in [9.17, 15) is 0 Å². The zero-order valence-corrected chi connectivity index (χ0v) is 19.9. The number of benzene rings is 1. The van der Waals surface area contributed by atoms with Gasteiger partial charge < -0.3 is 10.3 Å². The molecule has 0 spiro atoms. The molecule has 166 valence electrons. The van der Waals surface area contributed by atoms with E-state index in [2.05, 4.69) is 25.2 Å². The molecule has 0 radical (unpaired) electrons. The highest BCUT2D eigenvalue weighted by Gasteiger charge is 2.25. The molecule has 0 saturated carbocycles. The van der Waals surface area contributed by atoms with Crippen LogP contribution >= 0.6 is 35.0 Å². The van der Waals surface area contributed by atoms with Crippen LogP contribution in [0.25, 0.3) is 33.9 Å². The fraction of sp³-hybridized carbons (Fsp3) is 0.208. The van der Waals surface area contributed by atoms with Gasteiger partial charge in [0.25, 0.3) is 0 Å². The van der Waals surface area contributed by atoms with Crippen LogP contribution in [0.2, 0.25) is 10.0 Å². The number of thioether (sulfide) groups is 1. The van der Waals surface area contributed by atoms with E-state index in [1.54, 1.807) is 18.6 Å². The van der Waals surface area contributed by atoms with Gasteiger partial charge in [0.2, 0.25) is 0 Å². The molecule has 2 aliphatic heterocycles. The molecule has 6 rings (SSSR count). The maximum Gasteiger partial charge on any atom is 0.141 e. The minimum Gasteiger partial charge on any atom is -0.338 e. The first-order chi connectivity index (χ1) is 16.2. The monoisotopic (exact) mass is 494 g/mol. The lowest BCUT2D eigenvalue weighted by Gasteiger charge is -2.26. The Balaban J connectivity index is 1.44. The van der Waals surface area contributed by atoms with Crippen LogP contribution in [0.4, 0.5) is 11.5 Å². The molecule has 0 aliphatic carbocycles. The number of nitrogens with zero attached hydrogens (tertiary/aromatic N) is 4. The molecule has 9 heteroatoms. The van der Waals surface area contributed by atoms with Crippen LogP contribution in [0, 0.1) is 0 Å². The number of hydrogen-bond acceptors (Lipinski definition) is 6. The highest BCUT2D eigenvalue weighted by molar-refractivity contribution is 7.99. The third-order valence-corrected chi connectivity index (χ3v) is 7.50. The summed E-state index contributed by atoms with van der Waals surface area (Å²) >= 11 is 15.6. The molecule has 33 heavy (non-hydrogen) atoms. The zero-order valence-electron chi connectivity index (χ0n) is 17.6. The predicted molar refractivity (Wildman–Crippen MR) is 136 cm³/mol. The summed E-state index contributed by atoms with van der Waals surface area (Å²) in [6.07, 6.45) is 5.31. The average molecular weight is 495 g/mol. The first kappa shape index (κ1) is 21.0. The molecular weight excluding hydrogens is 475 g/mol. The van der Waals surface area contributed by atoms with Gasteiger partial charge in [0.15, 0.2) is 0 Å². The SMILES string of the molecule is Clc1cc(CN2CCSCC2)cc(Cl)c1-c1nc2c([nH]1)-c1ccncc1Nc1ncccc1-2. The summed E-state index contributed by atoms with van der Waals surface area (Å²) in [6, 6.07) is 9.88. The van der Waals surface area contributed by atoms with Crippen LogP contribution in [0.1, 0.15) is 5.56 Å². The molecule has 6 nitrogen and oxygen atoms in total. The van der Waals surface area contributed by atoms with Gasteiger partial charge in [-0.3, -0.25) is 9.88 Å². The Kier molecular flexibility index (Phi) is 5.50. The topological polar surface area (TPSA) is 69.7 Å². The van der Waals surface area contributed by atoms with E-state index >= 15 is 0 Å². The van der Waals surface area contributed by atoms with Crippen LogP contribution in [0.5, 0.6) is 0 Å². The Bertz CT molecular complexity index is 1260. The van der Waals surface area contributed by atoms with Gasteiger partial charge in [0.1, 0.15) is 17.3 Å². The van der Waals surface area contributed by atoms with Gasteiger partial charge in [-0.25, -0.2) is 9.97 Å². The lowest BCUT2D eigenvalue weighted by atomic mass is 10.1. The summed E-state index contributed by atoms with van der Waals surface area (Å²) in [5, 5.41) is 4.55. The second-order valence-electron chi connectivity index (χ2n) is 8.08. The van der Waals surface area contributed by atoms with Crippen LogP contribution in [0.15, 0.2) is 48.9 Å². The Morgan fingerprint density at radius 1 is 1.03 bits per heavy atom. The molecule has 1 saturated heterocycles. The summed E-state index contributed by atoms with van der Waals surface area (Å²) in [4.78, 5) is 19.6. The van der Waals surface area contributed by atoms with E-state index in [0.717, 1.165) is 59.2 Å². The first-order valence-corrected chi connectivity index (χ1v) is 12.6. The van der Waals surface area contributed by atoms with Crippen molar-refractivity contribution < 1.29 is 0 Å². The molecule has 5 heterocycles. The lowest BCUT2D eigenvalue weighted by Crippen LogP contribution is -2.31. The Morgan fingerprint density at radius 3 is 2.67 bits per heavy atom. The van der Waals surface area contributed by atoms with Crippen molar-refractivity contribution in [3.05, 3.63) is 64.5 Å². The van der Waals surface area contributed by atoms with Gasteiger partial charge in [-0.15, -0.1) is 0 Å². The van der Waals surface area contributed by atoms with Crippen LogP contribution in [-0.2, 0) is 6.54 Å². The normalized spacial score (nSPS) is 15.2. The van der Waals surface area contributed by atoms with Crippen molar-refractivity contribution in [2.45, 2.75) is 6.54 Å². The van der Waals surface area contributed by atoms with Crippen LogP contribution in [-0.4, -0.2) is 49.4 Å². The number of imidazole rings is 1. The molecule has 3 aromatic heterocycles. The summed E-state index contributed by atoms with van der Waals surface area (Å²) < 4.78 is 0. The number of hydrogen-bond donors (Lipinski definition) is 2. The van der Waals surface area contributed by atoms with Gasteiger partial charge in [0.05, 0.1) is 33.2 Å². The molecule has 2 N–H and O–H groups in total. The minimum atomic E-state index is 0.590. The number of rotatable bonds is 3. The third-order valence-electron chi connectivity index (χ3n) is 5.96. The largest absolute Gasteiger partial charge is 0.338 e. The summed E-state index contributed by atoms with van der Waals surface area (Å²) in [5.74, 6) is 3.70. The Hall–Kier alpha value is -2.58. The van der Waals surface area contributed by atoms with E-state index < -0.39 is 0 Å². The van der Waals surface area contributed by atoms with Crippen LogP contribution < -0.4 is 5.32 Å². The number of fused-ring (bicyclic) bond motifs is 5. The van der Waals surface area contributed by atoms with Crippen molar-refractivity contribution in [1.29, 1.82) is 0 Å². The van der Waals surface area contributed by atoms with Gasteiger partial charge in [-0.1, -0.05) is 23.2 Å². The zero-order chi connectivity index (χ0) is 22.4. The maximum atomic E-state index is 6.78. The lowest BCUT2D eigenvalue weighted by molar-refractivity contribution is 0.294. The smallest absolute Gasteiger partial charge is 0.141 e. The quantitative estimate of drug-likeness (QED) is 0.315. The first-order valence-electron chi connectivity index (χ1n) is 10.7. The van der Waals surface area contributed by atoms with E-state index in [-0.39, 0.29) is 0 Å². The van der Waals surface area contributed by atoms with Crippen molar-refractivity contribution in [3.8, 4) is 33.9 Å². The minimum absolute atomic E-state index is 0.590. The molecular formula is C24H20Cl2N6S. The van der Waals surface area contributed by atoms with Gasteiger partial charge in [0, 0.05) is 54.7 Å². The number of aromatic amines is 1. The highest BCUT2D eigenvalue weighted by atomic mass is 35.5. The van der Waals surface area contributed by atoms with Crippen molar-refractivity contribution in [2.24, 2.45) is 0 Å². The fourth-order valence-electron chi connectivity index (χ4n) is 4.38. The molecule has 0 bridgehead atoms. The number of anilines is 2. The molecule has 1 fully saturated rings. The fourth-order valence-corrected chi connectivity index (χ4v) is 6.07. The van der Waals surface area contributed by atoms with Crippen molar-refractivity contribution in [2.75, 3.05) is 29.9 Å². The number of pyridine rings is 2. The number of aromatic nitrogens is 4. The second-order valence-corrected chi connectivity index (χ2v) is 10.1. The van der Waals surface area contributed by atoms with Gasteiger partial charge in [-0.05, 0) is 35.9 Å². The number of halogens is 2. The molecule has 0 unspecified atom stereocenters. The summed E-state index contributed by atoms with van der Waals surface area (Å²) in [7, 11) is 0. The predicted octanol–water partition coefficient (Wildman–Crippen LogP) is 6.11. The molecule has 4 aromatic rings. The van der Waals surface area contributed by atoms with Crippen molar-refractivity contribution in [3.63, 3.8) is 0 Å². The van der Waals surface area contributed by atoms with E-state index in [0.29, 0.717) is 21.4 Å². The number of nitrogens with one attached hydrogen (secondary N) is 2. The third kappa shape index (κ3) is 3.89. The average Bonchev–Trinajstić information content (AvgIpc) is 3.19. The summed E-state index contributed by atoms with van der Waals surface area (Å²) in [5.41, 5.74) is 6.22. The number of H-pyrrole nitrogens is 1.